The number of fused-ring (bicyclic) bond motifs is 29. The van der Waals surface area contributed by atoms with Crippen LogP contribution in [0.5, 0.6) is 0 Å². The molecule has 12 atom stereocenters. The van der Waals surface area contributed by atoms with Crippen LogP contribution < -0.4 is 21.9 Å². The summed E-state index contributed by atoms with van der Waals surface area (Å²) in [6.07, 6.45) is 13.1. The van der Waals surface area contributed by atoms with Gasteiger partial charge in [0.05, 0.1) is 44.7 Å². The van der Waals surface area contributed by atoms with Gasteiger partial charge in [0.15, 0.2) is 0 Å². The molecule has 22 nitrogen and oxygen atoms in total. The fraction of sp³-hybridized carbons (Fsp3) is 0.481. The highest BCUT2D eigenvalue weighted by Crippen LogP contribution is 2.58. The molecule has 688 valence electrons. The summed E-state index contributed by atoms with van der Waals surface area (Å²) in [4.78, 5) is 62.5. The second kappa shape index (κ2) is 40.4. The van der Waals surface area contributed by atoms with Gasteiger partial charge in [0, 0.05) is 146 Å². The van der Waals surface area contributed by atoms with Crippen LogP contribution in [0.15, 0.2) is 186 Å². The van der Waals surface area contributed by atoms with Gasteiger partial charge in [-0.1, -0.05) is 196 Å². The fourth-order valence-electron chi connectivity index (χ4n) is 20.5. The minimum Gasteiger partial charge on any atom is -0.444 e. The maximum absolute atomic E-state index is 13.8. The van der Waals surface area contributed by atoms with Crippen molar-refractivity contribution >= 4 is 93.4 Å². The van der Waals surface area contributed by atoms with Crippen molar-refractivity contribution in [3.8, 4) is 0 Å². The molecule has 12 unspecified atom stereocenters. The van der Waals surface area contributed by atoms with Crippen LogP contribution in [0.4, 0.5) is 20.1 Å². The molecule has 4 aromatic heterocycles. The number of aromatic amines is 2. The Bertz CT molecular complexity index is 5910. The highest BCUT2D eigenvalue weighted by molar-refractivity contribution is 7.90. The number of anilines is 1. The van der Waals surface area contributed by atoms with Crippen molar-refractivity contribution in [2.45, 2.75) is 322 Å². The number of aryl methyl sites for hydroxylation is 2. The zero-order valence-corrected chi connectivity index (χ0v) is 80.8. The predicted octanol–water partition coefficient (Wildman–Crippen LogP) is 23.1. The van der Waals surface area contributed by atoms with Crippen molar-refractivity contribution in [3.63, 3.8) is 0 Å². The SMILES string of the molecule is CC.CC.CC.CC.CC.CC(C)(C)OC(=O)N1C2CCC1C1C(=O)C12.CC(C)(C)OC(=O)N1C2CCC1c1c([nH]c3ccccc13)C2.Cc1ccc(S(=O)(=O)n2c3c(c4ccccc42)C2CCC(C3)N2)cc1.Cc1ccc(S(=O)(=O)n2c3c(c4ccccc42)C2CCC(C3)N2C(=O)OC(C)(C)C)cc1.NNc1ccccc1.c1ccc2c3c([nH]c2c1)CC1CCC3N1. The topological polar surface area (TPSA) is 278 Å². The fourth-order valence-corrected chi connectivity index (χ4v) is 23.7. The summed E-state index contributed by atoms with van der Waals surface area (Å²) in [5.41, 5.74) is 17.5. The van der Waals surface area contributed by atoms with Gasteiger partial charge in [0.2, 0.25) is 0 Å². The number of piperidine rings is 1. The van der Waals surface area contributed by atoms with Crippen LogP contribution in [0.2, 0.25) is 0 Å². The number of hydrogen-bond acceptors (Lipinski definition) is 15. The third-order valence-electron chi connectivity index (χ3n) is 25.3. The molecule has 22 rings (SSSR count). The maximum Gasteiger partial charge on any atom is 0.411 e. The molecule has 128 heavy (non-hydrogen) atoms. The van der Waals surface area contributed by atoms with Crippen LogP contribution in [-0.4, -0.2) is 127 Å². The number of nitrogen functional groups attached to an aromatic ring is 1. The average Bonchev–Trinajstić information content (AvgIpc) is 1.52. The number of carbonyl (C=O) groups is 4. The number of nitrogens with two attached hydrogens (primary N) is 1. The molecule has 0 spiro atoms. The Hall–Kier alpha value is -10.2. The zero-order valence-electron chi connectivity index (χ0n) is 79.2. The lowest BCUT2D eigenvalue weighted by atomic mass is 9.97. The van der Waals surface area contributed by atoms with Gasteiger partial charge in [0.1, 0.15) is 22.6 Å². The standard InChI is InChI=1S/C25H28N2O4S.C20H20N2O2S.C18H22N2O2.C13H14N2.C12H17NO3.C6H8N2.5C2H6/c1-16-9-12-18(13-10-16)32(29,30)27-20-8-6-5-7-19(20)23-21-14-11-17(15-22(23)27)26(21)24(28)31-25(2,3)4;1-13-6-9-15(10-7-13)25(23,24)22-18-5-3-2-4-16(18)20-17-11-8-14(21-17)12-19(20)22;1-18(2,3)22-17(21)20-11-8-9-15(20)16-12-6-4-5-7-13(12)19-14(16)10-11;1-2-4-10-9(3-1)13-11-6-5-8(14-11)7-12(13)15-10;1-12(2,3)16-11(15)13-6-4-5-7(13)9-8(6)10(9)14;7-8-6-4-2-1-3-5-6;5*1-2/h5-10,12-13,17,21H,11,14-15H2,1-4H3;2-7,9-10,14,17,21H,8,11-12H2,1H3;4-7,11,15,19H,8-10H2,1-3H3;1-4,8,11,14-15H,5-7H2;6-9H,4-5H2,1-3H3;1-5,8H,7H2;5*1-2H3. The van der Waals surface area contributed by atoms with Crippen LogP contribution in [-0.2, 0) is 64.7 Å². The lowest BCUT2D eigenvalue weighted by Crippen LogP contribution is -2.45. The Kier molecular flexibility index (Phi) is 30.6. The first-order valence-corrected chi connectivity index (χ1v) is 49.9. The number of para-hydroxylation sites is 5. The Morgan fingerprint density at radius 3 is 1.20 bits per heavy atom. The number of ketones is 1. The monoisotopic (exact) mass is 1780 g/mol. The number of H-pyrrole nitrogens is 2. The van der Waals surface area contributed by atoms with E-state index in [4.69, 9.17) is 20.1 Å². The maximum atomic E-state index is 13.8. The number of hydrazine groups is 1. The molecule has 7 aromatic carbocycles. The Labute approximate surface area is 759 Å². The lowest BCUT2D eigenvalue weighted by Gasteiger charge is -2.36. The van der Waals surface area contributed by atoms with E-state index >= 15 is 0 Å². The van der Waals surface area contributed by atoms with Crippen LogP contribution in [0.1, 0.15) is 276 Å². The third kappa shape index (κ3) is 19.8. The van der Waals surface area contributed by atoms with E-state index in [9.17, 15) is 36.0 Å². The van der Waals surface area contributed by atoms with Crippen LogP contribution in [0.3, 0.4) is 0 Å². The van der Waals surface area contributed by atoms with Crippen molar-refractivity contribution in [1.82, 2.24) is 43.2 Å². The largest absolute Gasteiger partial charge is 0.444 e. The van der Waals surface area contributed by atoms with Crippen molar-refractivity contribution in [2.24, 2.45) is 17.7 Å². The summed E-state index contributed by atoms with van der Waals surface area (Å²) in [6, 6.07) is 58.6. The number of aromatic nitrogens is 4. The number of carbonyl (C=O) groups excluding carboxylic acids is 4. The minimum atomic E-state index is -3.78. The molecular weight excluding hydrogens is 1640 g/mol. The first-order valence-electron chi connectivity index (χ1n) is 47.0. The number of ether oxygens (including phenoxy) is 3. The molecule has 24 heteroatoms. The van der Waals surface area contributed by atoms with Crippen LogP contribution >= 0.6 is 0 Å². The second-order valence-electron chi connectivity index (χ2n) is 36.7. The number of amides is 3. The molecule has 7 fully saturated rings. The molecular formula is C104H139N11O11S2. The van der Waals surface area contributed by atoms with Gasteiger partial charge < -0.3 is 45.1 Å². The molecule has 3 amide bonds. The van der Waals surface area contributed by atoms with E-state index in [1.165, 1.54) is 67.6 Å². The first-order chi connectivity index (χ1) is 61.3. The van der Waals surface area contributed by atoms with E-state index in [2.05, 4.69) is 74.6 Å². The summed E-state index contributed by atoms with van der Waals surface area (Å²) in [5.74, 6) is 5.76. The van der Waals surface area contributed by atoms with E-state index in [0.717, 1.165) is 120 Å². The van der Waals surface area contributed by atoms with Gasteiger partial charge in [-0.15, -0.1) is 0 Å². The molecule has 14 heterocycles. The Morgan fingerprint density at radius 2 is 0.758 bits per heavy atom. The van der Waals surface area contributed by atoms with Crippen molar-refractivity contribution in [3.05, 3.63) is 232 Å². The summed E-state index contributed by atoms with van der Waals surface area (Å²) < 4.78 is 74.4. The summed E-state index contributed by atoms with van der Waals surface area (Å²) in [5, 5.41) is 12.0. The minimum absolute atomic E-state index is 0.0707. The molecule has 10 bridgehead atoms. The number of Topliss-reactive ketones (excluding diaryl/α,β-unsaturated/α-hetero) is 1. The number of hydrogen-bond donors (Lipinski definition) is 6. The van der Waals surface area contributed by atoms with Crippen molar-refractivity contribution in [2.75, 3.05) is 5.43 Å². The quantitative estimate of drug-likeness (QED) is 0.0531. The van der Waals surface area contributed by atoms with E-state index in [1.807, 2.05) is 263 Å². The van der Waals surface area contributed by atoms with E-state index in [1.54, 1.807) is 33.8 Å². The first kappa shape index (κ1) is 96.8. The van der Waals surface area contributed by atoms with Gasteiger partial charge in [-0.05, 0) is 212 Å². The Morgan fingerprint density at radius 1 is 0.391 bits per heavy atom. The van der Waals surface area contributed by atoms with Crippen LogP contribution in [0.25, 0.3) is 43.6 Å². The molecule has 6 saturated heterocycles. The molecule has 11 aromatic rings. The summed E-state index contributed by atoms with van der Waals surface area (Å²) in [7, 11) is -7.39. The van der Waals surface area contributed by atoms with Gasteiger partial charge in [-0.2, -0.15) is 0 Å². The molecule has 0 radical (unpaired) electrons. The summed E-state index contributed by atoms with van der Waals surface area (Å²) in [6.45, 7) is 40.9. The highest BCUT2D eigenvalue weighted by Gasteiger charge is 2.71. The van der Waals surface area contributed by atoms with Crippen molar-refractivity contribution in [1.29, 1.82) is 0 Å². The van der Waals surface area contributed by atoms with Crippen molar-refractivity contribution < 1.29 is 50.2 Å². The number of nitrogens with one attached hydrogen (secondary N) is 5. The lowest BCUT2D eigenvalue weighted by molar-refractivity contribution is -0.113. The van der Waals surface area contributed by atoms with E-state index < -0.39 is 36.8 Å². The smallest absolute Gasteiger partial charge is 0.411 e. The molecule has 11 aliphatic rings. The molecule has 1 saturated carbocycles. The summed E-state index contributed by atoms with van der Waals surface area (Å²) >= 11 is 0. The molecule has 1 aliphatic carbocycles. The highest BCUT2D eigenvalue weighted by atomic mass is 32.2. The second-order valence-corrected chi connectivity index (χ2v) is 40.3. The molecule has 7 N–H and O–H groups in total. The van der Waals surface area contributed by atoms with Gasteiger partial charge >= 0.3 is 18.3 Å². The van der Waals surface area contributed by atoms with Gasteiger partial charge in [-0.3, -0.25) is 20.4 Å². The predicted molar refractivity (Wildman–Crippen MR) is 516 cm³/mol. The van der Waals surface area contributed by atoms with Gasteiger partial charge in [0.25, 0.3) is 20.0 Å². The number of nitrogens with zero attached hydrogens (tertiary/aromatic N) is 5. The Balaban J connectivity index is 0.000000141. The average molecular weight is 1780 g/mol. The molecule has 10 aliphatic heterocycles. The number of benzene rings is 7. The zero-order chi connectivity index (χ0) is 92.8. The van der Waals surface area contributed by atoms with E-state index in [0.29, 0.717) is 34.7 Å². The third-order valence-corrected chi connectivity index (χ3v) is 28.8. The number of rotatable bonds is 5. The van der Waals surface area contributed by atoms with Gasteiger partial charge in [-0.25, -0.2) is 39.2 Å². The van der Waals surface area contributed by atoms with E-state index in [-0.39, 0.29) is 77.3 Å². The normalized spacial score (nSPS) is 22.6. The van der Waals surface area contributed by atoms with Crippen LogP contribution in [0, 0.1) is 25.7 Å².